The van der Waals surface area contributed by atoms with Crippen molar-refractivity contribution in [2.24, 2.45) is 0 Å². The number of carboxylic acid groups (broad SMARTS) is 1. The monoisotopic (exact) mass is 282 g/mol. The number of carbonyl (C=O) groups excluding carboxylic acids is 1. The number of aryl methyl sites for hydroxylation is 1. The van der Waals surface area contributed by atoms with E-state index in [1.54, 1.807) is 11.8 Å². The molecule has 0 bridgehead atoms. The summed E-state index contributed by atoms with van der Waals surface area (Å²) < 4.78 is 0. The topological polar surface area (TPSA) is 79.3 Å². The lowest BCUT2D eigenvalue weighted by Gasteiger charge is -2.12. The average Bonchev–Trinajstić information content (AvgIpc) is 2.32. The highest BCUT2D eigenvalue weighted by atomic mass is 32.2. The lowest BCUT2D eigenvalue weighted by atomic mass is 10.2. The maximum absolute atomic E-state index is 10.9. The molecule has 1 aromatic rings. The van der Waals surface area contributed by atoms with Gasteiger partial charge < -0.3 is 10.4 Å². The fourth-order valence-corrected chi connectivity index (χ4v) is 2.48. The molecule has 1 atom stereocenters. The smallest absolute Gasteiger partial charge is 0.326 e. The van der Waals surface area contributed by atoms with E-state index in [0.29, 0.717) is 12.2 Å². The van der Waals surface area contributed by atoms with Crippen LogP contribution >= 0.6 is 11.8 Å². The average molecular weight is 282 g/mol. The van der Waals surface area contributed by atoms with Crippen LogP contribution in [0.3, 0.4) is 0 Å². The second-order valence-electron chi connectivity index (χ2n) is 4.20. The second-order valence-corrected chi connectivity index (χ2v) is 5.31. The molecule has 6 heteroatoms. The predicted molar refractivity (Wildman–Crippen MR) is 75.0 cm³/mol. The van der Waals surface area contributed by atoms with Gasteiger partial charge in [-0.15, -0.1) is 0 Å². The van der Waals surface area contributed by atoms with Crippen LogP contribution in [0.2, 0.25) is 0 Å². The molecule has 2 N–H and O–H groups in total. The molecular formula is C13H18N2O3S. The summed E-state index contributed by atoms with van der Waals surface area (Å²) in [5.41, 5.74) is 1.95. The van der Waals surface area contributed by atoms with E-state index >= 15 is 0 Å². The summed E-state index contributed by atoms with van der Waals surface area (Å²) in [4.78, 5) is 26.1. The Morgan fingerprint density at radius 3 is 2.79 bits per heavy atom. The van der Waals surface area contributed by atoms with Crippen molar-refractivity contribution >= 4 is 23.6 Å². The number of nitrogens with one attached hydrogen (secondary N) is 1. The minimum absolute atomic E-state index is 0.322. The third kappa shape index (κ3) is 6.24. The van der Waals surface area contributed by atoms with E-state index in [9.17, 15) is 9.59 Å². The molecule has 0 aliphatic carbocycles. The SMILES string of the molecule is CC(=O)NC(CCSCc1cccc(C)n1)C(=O)O. The number of amides is 1. The molecule has 0 aliphatic heterocycles. The number of nitrogens with zero attached hydrogens (tertiary/aromatic N) is 1. The Bertz CT molecular complexity index is 451. The number of hydrogen-bond donors (Lipinski definition) is 2. The zero-order valence-electron chi connectivity index (χ0n) is 11.0. The Morgan fingerprint density at radius 2 is 2.21 bits per heavy atom. The number of pyridine rings is 1. The predicted octanol–water partition coefficient (Wildman–Crippen LogP) is 1.60. The highest BCUT2D eigenvalue weighted by molar-refractivity contribution is 7.98. The maximum atomic E-state index is 10.9. The first-order valence-electron chi connectivity index (χ1n) is 5.99. The third-order valence-electron chi connectivity index (χ3n) is 2.42. The Morgan fingerprint density at radius 1 is 1.47 bits per heavy atom. The van der Waals surface area contributed by atoms with E-state index in [1.165, 1.54) is 6.92 Å². The Labute approximate surface area is 116 Å². The van der Waals surface area contributed by atoms with Crippen molar-refractivity contribution in [2.75, 3.05) is 5.75 Å². The van der Waals surface area contributed by atoms with Gasteiger partial charge in [0.25, 0.3) is 0 Å². The number of aromatic nitrogens is 1. The molecule has 19 heavy (non-hydrogen) atoms. The van der Waals surface area contributed by atoms with Crippen LogP contribution in [0.25, 0.3) is 0 Å². The summed E-state index contributed by atoms with van der Waals surface area (Å²) in [7, 11) is 0. The first-order valence-corrected chi connectivity index (χ1v) is 7.14. The molecule has 1 heterocycles. The summed E-state index contributed by atoms with van der Waals surface area (Å²) in [6.07, 6.45) is 0.408. The number of aliphatic carboxylic acids is 1. The van der Waals surface area contributed by atoms with Gasteiger partial charge in [-0.05, 0) is 31.2 Å². The van der Waals surface area contributed by atoms with Crippen molar-refractivity contribution in [3.8, 4) is 0 Å². The molecule has 0 aromatic carbocycles. The molecule has 1 unspecified atom stereocenters. The van der Waals surface area contributed by atoms with Gasteiger partial charge >= 0.3 is 5.97 Å². The van der Waals surface area contributed by atoms with Gasteiger partial charge in [0.15, 0.2) is 0 Å². The van der Waals surface area contributed by atoms with Crippen molar-refractivity contribution in [3.63, 3.8) is 0 Å². The number of rotatable bonds is 7. The summed E-state index contributed by atoms with van der Waals surface area (Å²) in [6, 6.07) is 5.03. The normalized spacial score (nSPS) is 11.9. The number of thioether (sulfide) groups is 1. The molecule has 5 nitrogen and oxygen atoms in total. The Kier molecular flexibility index (Phi) is 6.35. The molecule has 104 valence electrons. The van der Waals surface area contributed by atoms with Crippen LogP contribution in [0, 0.1) is 6.92 Å². The molecule has 0 aliphatic rings. The molecule has 0 fully saturated rings. The molecule has 0 saturated heterocycles. The highest BCUT2D eigenvalue weighted by Crippen LogP contribution is 2.12. The lowest BCUT2D eigenvalue weighted by Crippen LogP contribution is -2.39. The zero-order chi connectivity index (χ0) is 14.3. The first-order chi connectivity index (χ1) is 8.99. The van der Waals surface area contributed by atoms with E-state index in [-0.39, 0.29) is 5.91 Å². The van der Waals surface area contributed by atoms with Crippen LogP contribution in [0.5, 0.6) is 0 Å². The van der Waals surface area contributed by atoms with Crippen LogP contribution in [0.15, 0.2) is 18.2 Å². The summed E-state index contributed by atoms with van der Waals surface area (Å²) in [5, 5.41) is 11.4. The number of hydrogen-bond acceptors (Lipinski definition) is 4. The van der Waals surface area contributed by atoms with Crippen LogP contribution in [-0.4, -0.2) is 33.8 Å². The first kappa shape index (κ1) is 15.5. The molecular weight excluding hydrogens is 264 g/mol. The van der Waals surface area contributed by atoms with Crippen molar-refractivity contribution in [1.29, 1.82) is 0 Å². The molecule has 1 aromatic heterocycles. The molecule has 0 radical (unpaired) electrons. The van der Waals surface area contributed by atoms with Gasteiger partial charge in [0.05, 0.1) is 5.69 Å². The van der Waals surface area contributed by atoms with E-state index < -0.39 is 12.0 Å². The van der Waals surface area contributed by atoms with Gasteiger partial charge in [-0.2, -0.15) is 11.8 Å². The quantitative estimate of drug-likeness (QED) is 0.743. The highest BCUT2D eigenvalue weighted by Gasteiger charge is 2.17. The Balaban J connectivity index is 2.32. The maximum Gasteiger partial charge on any atom is 0.326 e. The van der Waals surface area contributed by atoms with E-state index in [1.807, 2.05) is 25.1 Å². The van der Waals surface area contributed by atoms with Crippen molar-refractivity contribution in [1.82, 2.24) is 10.3 Å². The molecule has 1 amide bonds. The molecule has 0 saturated carbocycles. The summed E-state index contributed by atoms with van der Waals surface area (Å²) in [6.45, 7) is 3.26. The van der Waals surface area contributed by atoms with Crippen molar-refractivity contribution in [2.45, 2.75) is 32.1 Å². The summed E-state index contributed by atoms with van der Waals surface area (Å²) in [5.74, 6) is 0.0864. The minimum Gasteiger partial charge on any atom is -0.480 e. The fraction of sp³-hybridized carbons (Fsp3) is 0.462. The second kappa shape index (κ2) is 7.78. The van der Waals surface area contributed by atoms with Gasteiger partial charge in [0, 0.05) is 18.4 Å². The fourth-order valence-electron chi connectivity index (χ4n) is 1.56. The lowest BCUT2D eigenvalue weighted by molar-refractivity contribution is -0.141. The largest absolute Gasteiger partial charge is 0.480 e. The van der Waals surface area contributed by atoms with E-state index in [4.69, 9.17) is 5.11 Å². The van der Waals surface area contributed by atoms with Crippen LogP contribution in [-0.2, 0) is 15.3 Å². The minimum atomic E-state index is -0.996. The van der Waals surface area contributed by atoms with Crippen LogP contribution in [0.4, 0.5) is 0 Å². The molecule has 1 rings (SSSR count). The van der Waals surface area contributed by atoms with Gasteiger partial charge in [-0.3, -0.25) is 9.78 Å². The molecule has 0 spiro atoms. The van der Waals surface area contributed by atoms with Gasteiger partial charge in [0.1, 0.15) is 6.04 Å². The van der Waals surface area contributed by atoms with Crippen molar-refractivity contribution in [3.05, 3.63) is 29.6 Å². The van der Waals surface area contributed by atoms with Gasteiger partial charge in [0.2, 0.25) is 5.91 Å². The van der Waals surface area contributed by atoms with E-state index in [2.05, 4.69) is 10.3 Å². The van der Waals surface area contributed by atoms with Gasteiger partial charge in [-0.25, -0.2) is 4.79 Å². The standard InChI is InChI=1S/C13H18N2O3S/c1-9-4-3-5-11(14-9)8-19-7-6-12(13(17)18)15-10(2)16/h3-5,12H,6-8H2,1-2H3,(H,15,16)(H,17,18). The summed E-state index contributed by atoms with van der Waals surface area (Å²) >= 11 is 1.61. The van der Waals surface area contributed by atoms with Crippen LogP contribution < -0.4 is 5.32 Å². The van der Waals surface area contributed by atoms with Gasteiger partial charge in [-0.1, -0.05) is 6.07 Å². The van der Waals surface area contributed by atoms with Crippen molar-refractivity contribution < 1.29 is 14.7 Å². The van der Waals surface area contributed by atoms with Crippen LogP contribution in [0.1, 0.15) is 24.7 Å². The van der Waals surface area contributed by atoms with E-state index in [0.717, 1.165) is 17.1 Å². The Hall–Kier alpha value is -1.56. The number of carbonyl (C=O) groups is 2. The zero-order valence-corrected chi connectivity index (χ0v) is 11.9. The number of carboxylic acids is 1. The third-order valence-corrected chi connectivity index (χ3v) is 3.45.